The van der Waals surface area contributed by atoms with Crippen LogP contribution in [0.15, 0.2) is 53.7 Å². The molecule has 1 N–H and O–H groups in total. The second-order valence-electron chi connectivity index (χ2n) is 5.86. The Morgan fingerprint density at radius 1 is 1.08 bits per heavy atom. The van der Waals surface area contributed by atoms with E-state index >= 15 is 0 Å². The number of rotatable bonds is 4. The first kappa shape index (κ1) is 17.8. The van der Waals surface area contributed by atoms with Crippen molar-refractivity contribution in [3.63, 3.8) is 0 Å². The van der Waals surface area contributed by atoms with Gasteiger partial charge in [0.05, 0.1) is 4.90 Å². The van der Waals surface area contributed by atoms with E-state index in [4.69, 9.17) is 11.6 Å². The fraction of sp³-hybridized carbons (Fsp3) is 0.294. The minimum Gasteiger partial charge on any atom is -0.326 e. The number of hydrogen-bond donors (Lipinski definition) is 1. The van der Waals surface area contributed by atoms with Crippen LogP contribution in [-0.4, -0.2) is 36.7 Å². The van der Waals surface area contributed by atoms with E-state index in [-0.39, 0.29) is 16.7 Å². The highest BCUT2D eigenvalue weighted by molar-refractivity contribution is 7.89. The maximum Gasteiger partial charge on any atom is 0.243 e. The lowest BCUT2D eigenvalue weighted by Crippen LogP contribution is -2.41. The zero-order valence-corrected chi connectivity index (χ0v) is 15.0. The Hall–Kier alpha value is -1.96. The third-order valence-corrected chi connectivity index (χ3v) is 6.39. The van der Waals surface area contributed by atoms with Gasteiger partial charge in [0.15, 0.2) is 0 Å². The van der Waals surface area contributed by atoms with E-state index in [0.29, 0.717) is 36.6 Å². The van der Waals surface area contributed by atoms with Gasteiger partial charge in [0.2, 0.25) is 15.9 Å². The lowest BCUT2D eigenvalue weighted by atomic mass is 9.97. The van der Waals surface area contributed by atoms with E-state index in [1.807, 2.05) is 0 Å². The zero-order chi connectivity index (χ0) is 17.9. The highest BCUT2D eigenvalue weighted by Crippen LogP contribution is 2.25. The summed E-state index contributed by atoms with van der Waals surface area (Å²) in [7, 11) is -3.55. The lowest BCUT2D eigenvalue weighted by molar-refractivity contribution is -0.120. The van der Waals surface area contributed by atoms with Gasteiger partial charge in [-0.1, -0.05) is 11.6 Å². The summed E-state index contributed by atoms with van der Waals surface area (Å²) in [5, 5.41) is 3.33. The van der Waals surface area contributed by atoms with Crippen molar-refractivity contribution >= 4 is 33.2 Å². The molecule has 0 bridgehead atoms. The average molecular weight is 380 g/mol. The molecule has 3 rings (SSSR count). The second kappa shape index (κ2) is 7.51. The molecule has 0 saturated carbocycles. The number of piperidine rings is 1. The number of sulfonamides is 1. The molecule has 0 aliphatic carbocycles. The maximum absolute atomic E-state index is 12.6. The predicted octanol–water partition coefficient (Wildman–Crippen LogP) is 2.77. The number of carbonyl (C=O) groups is 1. The van der Waals surface area contributed by atoms with E-state index in [1.165, 1.54) is 16.4 Å². The van der Waals surface area contributed by atoms with Gasteiger partial charge in [-0.05, 0) is 49.2 Å². The molecule has 0 atom stereocenters. The second-order valence-corrected chi connectivity index (χ2v) is 8.23. The Morgan fingerprint density at radius 2 is 1.68 bits per heavy atom. The number of pyridine rings is 1. The molecule has 2 aromatic rings. The van der Waals surface area contributed by atoms with Gasteiger partial charge in [-0.2, -0.15) is 4.31 Å². The molecule has 1 aliphatic rings. The predicted molar refractivity (Wildman–Crippen MR) is 95.8 cm³/mol. The first-order valence-corrected chi connectivity index (χ1v) is 9.75. The van der Waals surface area contributed by atoms with Crippen LogP contribution in [0.4, 0.5) is 5.69 Å². The summed E-state index contributed by atoms with van der Waals surface area (Å²) in [6.07, 6.45) is 4.20. The normalized spacial score (nSPS) is 16.5. The summed E-state index contributed by atoms with van der Waals surface area (Å²) in [6, 6.07) is 9.56. The van der Waals surface area contributed by atoms with Crippen LogP contribution >= 0.6 is 11.6 Å². The molecule has 2 heterocycles. The Balaban J connectivity index is 1.61. The van der Waals surface area contributed by atoms with Gasteiger partial charge in [-0.15, -0.1) is 0 Å². The quantitative estimate of drug-likeness (QED) is 0.885. The van der Waals surface area contributed by atoms with E-state index in [2.05, 4.69) is 10.3 Å². The van der Waals surface area contributed by atoms with Crippen molar-refractivity contribution in [2.45, 2.75) is 17.7 Å². The lowest BCUT2D eigenvalue weighted by Gasteiger charge is -2.30. The SMILES string of the molecule is O=C(Nc1ccncc1)C1CCN(S(=O)(=O)c2ccc(Cl)cc2)CC1. The Labute approximate surface area is 151 Å². The summed E-state index contributed by atoms with van der Waals surface area (Å²) in [4.78, 5) is 16.4. The molecule has 0 radical (unpaired) electrons. The third kappa shape index (κ3) is 4.18. The van der Waals surface area contributed by atoms with Crippen molar-refractivity contribution in [2.75, 3.05) is 18.4 Å². The summed E-state index contributed by atoms with van der Waals surface area (Å²) in [6.45, 7) is 0.638. The highest BCUT2D eigenvalue weighted by Gasteiger charge is 2.32. The Kier molecular flexibility index (Phi) is 5.36. The molecule has 1 amide bonds. The smallest absolute Gasteiger partial charge is 0.243 e. The summed E-state index contributed by atoms with van der Waals surface area (Å²) in [5.74, 6) is -0.292. The molecule has 8 heteroatoms. The van der Waals surface area contributed by atoms with Gasteiger partial charge in [-0.3, -0.25) is 9.78 Å². The molecule has 25 heavy (non-hydrogen) atoms. The third-order valence-electron chi connectivity index (χ3n) is 4.22. The minimum atomic E-state index is -3.55. The number of nitrogens with zero attached hydrogens (tertiary/aromatic N) is 2. The summed E-state index contributed by atoms with van der Waals surface area (Å²) in [5.41, 5.74) is 0.691. The Morgan fingerprint density at radius 3 is 2.28 bits per heavy atom. The molecular formula is C17H18ClN3O3S. The molecule has 1 saturated heterocycles. The summed E-state index contributed by atoms with van der Waals surface area (Å²) < 4.78 is 26.7. The number of nitrogens with one attached hydrogen (secondary N) is 1. The first-order valence-electron chi connectivity index (χ1n) is 7.93. The van der Waals surface area contributed by atoms with E-state index < -0.39 is 10.0 Å². The Bertz CT molecular complexity index is 833. The average Bonchev–Trinajstić information content (AvgIpc) is 2.63. The van der Waals surface area contributed by atoms with Gasteiger partial charge in [-0.25, -0.2) is 8.42 Å². The van der Waals surface area contributed by atoms with Gasteiger partial charge in [0.25, 0.3) is 0 Å². The molecule has 132 valence electrons. The van der Waals surface area contributed by atoms with Gasteiger partial charge < -0.3 is 5.32 Å². The molecular weight excluding hydrogens is 362 g/mol. The van der Waals surface area contributed by atoms with E-state index in [9.17, 15) is 13.2 Å². The fourth-order valence-electron chi connectivity index (χ4n) is 2.79. The van der Waals surface area contributed by atoms with Crippen LogP contribution in [0.2, 0.25) is 5.02 Å². The van der Waals surface area contributed by atoms with Gasteiger partial charge >= 0.3 is 0 Å². The topological polar surface area (TPSA) is 79.4 Å². The molecule has 1 fully saturated rings. The summed E-state index contributed by atoms with van der Waals surface area (Å²) >= 11 is 5.81. The van der Waals surface area contributed by atoms with E-state index in [1.54, 1.807) is 36.7 Å². The van der Waals surface area contributed by atoms with Crippen LogP contribution in [-0.2, 0) is 14.8 Å². The maximum atomic E-state index is 12.6. The van der Waals surface area contributed by atoms with Crippen molar-refractivity contribution in [3.8, 4) is 0 Å². The molecule has 1 aromatic carbocycles. The fourth-order valence-corrected chi connectivity index (χ4v) is 4.39. The largest absolute Gasteiger partial charge is 0.326 e. The molecule has 0 spiro atoms. The molecule has 0 unspecified atom stereocenters. The minimum absolute atomic E-state index is 0.0882. The van der Waals surface area contributed by atoms with Gasteiger partial charge in [0, 0.05) is 42.1 Å². The van der Waals surface area contributed by atoms with Crippen molar-refractivity contribution in [2.24, 2.45) is 5.92 Å². The number of halogens is 1. The number of benzene rings is 1. The van der Waals surface area contributed by atoms with Crippen LogP contribution in [0.3, 0.4) is 0 Å². The highest BCUT2D eigenvalue weighted by atomic mass is 35.5. The standard InChI is InChI=1S/C17H18ClN3O3S/c18-14-1-3-16(4-2-14)25(23,24)21-11-7-13(8-12-21)17(22)20-15-5-9-19-10-6-15/h1-6,9-10,13H,7-8,11-12H2,(H,19,20,22). The monoisotopic (exact) mass is 379 g/mol. The number of carbonyl (C=O) groups excluding carboxylic acids is 1. The van der Waals surface area contributed by atoms with Crippen LogP contribution in [0, 0.1) is 5.92 Å². The van der Waals surface area contributed by atoms with Crippen LogP contribution in [0.1, 0.15) is 12.8 Å². The number of aromatic nitrogens is 1. The van der Waals surface area contributed by atoms with Crippen LogP contribution < -0.4 is 5.32 Å². The molecule has 1 aliphatic heterocycles. The number of amides is 1. The zero-order valence-electron chi connectivity index (χ0n) is 13.4. The van der Waals surface area contributed by atoms with Crippen molar-refractivity contribution in [3.05, 3.63) is 53.8 Å². The number of hydrogen-bond acceptors (Lipinski definition) is 4. The number of anilines is 1. The van der Waals surface area contributed by atoms with Crippen molar-refractivity contribution in [1.29, 1.82) is 0 Å². The molecule has 1 aromatic heterocycles. The first-order chi connectivity index (χ1) is 12.0. The van der Waals surface area contributed by atoms with E-state index in [0.717, 1.165) is 0 Å². The van der Waals surface area contributed by atoms with Crippen molar-refractivity contribution < 1.29 is 13.2 Å². The van der Waals surface area contributed by atoms with Crippen LogP contribution in [0.5, 0.6) is 0 Å². The molecule has 6 nitrogen and oxygen atoms in total. The van der Waals surface area contributed by atoms with Crippen LogP contribution in [0.25, 0.3) is 0 Å². The van der Waals surface area contributed by atoms with Crippen molar-refractivity contribution in [1.82, 2.24) is 9.29 Å². The van der Waals surface area contributed by atoms with Gasteiger partial charge in [0.1, 0.15) is 0 Å².